The van der Waals surface area contributed by atoms with E-state index in [2.05, 4.69) is 4.74 Å². The molecule has 0 spiro atoms. The molecule has 0 radical (unpaired) electrons. The van der Waals surface area contributed by atoms with Gasteiger partial charge in [-0.25, -0.2) is 0 Å². The quantitative estimate of drug-likeness (QED) is 0.438. The van der Waals surface area contributed by atoms with Gasteiger partial charge in [-0.2, -0.15) is 0 Å². The third-order valence-electron chi connectivity index (χ3n) is 2.49. The summed E-state index contributed by atoms with van der Waals surface area (Å²) in [6.45, 7) is 3.33. The van der Waals surface area contributed by atoms with Crippen LogP contribution < -0.4 is 0 Å². The first-order chi connectivity index (χ1) is 5.05. The number of methoxy groups -OCH3 is 1. The number of esters is 1. The molecule has 1 aliphatic carbocycles. The van der Waals surface area contributed by atoms with Crippen LogP contribution in [0, 0.1) is 11.3 Å². The van der Waals surface area contributed by atoms with Gasteiger partial charge in [0.05, 0.1) is 7.11 Å². The third-order valence-corrected chi connectivity index (χ3v) is 2.49. The van der Waals surface area contributed by atoms with Crippen LogP contribution in [0.15, 0.2) is 0 Å². The molecule has 3 nitrogen and oxygen atoms in total. The van der Waals surface area contributed by atoms with E-state index in [4.69, 9.17) is 0 Å². The van der Waals surface area contributed by atoms with Gasteiger partial charge in [0.15, 0.2) is 0 Å². The van der Waals surface area contributed by atoms with Crippen molar-refractivity contribution in [2.75, 3.05) is 7.11 Å². The van der Waals surface area contributed by atoms with E-state index in [0.29, 0.717) is 6.42 Å². The zero-order valence-electron chi connectivity index (χ0n) is 7.01. The Morgan fingerprint density at radius 3 is 2.09 bits per heavy atom. The Morgan fingerprint density at radius 1 is 1.55 bits per heavy atom. The summed E-state index contributed by atoms with van der Waals surface area (Å²) in [5.74, 6) is -0.290. The minimum atomic E-state index is -0.783. The molecule has 2 atom stereocenters. The second-order valence-electron chi connectivity index (χ2n) is 3.12. The van der Waals surface area contributed by atoms with Gasteiger partial charge in [0, 0.05) is 0 Å². The van der Waals surface area contributed by atoms with Gasteiger partial charge in [0.25, 0.3) is 0 Å². The van der Waals surface area contributed by atoms with E-state index in [0.717, 1.165) is 0 Å². The lowest BCUT2D eigenvalue weighted by molar-refractivity contribution is -0.151. The van der Waals surface area contributed by atoms with Gasteiger partial charge >= 0.3 is 5.97 Å². The summed E-state index contributed by atoms with van der Waals surface area (Å²) in [5, 5.41) is 0. The van der Waals surface area contributed by atoms with E-state index in [-0.39, 0.29) is 17.7 Å². The number of carbonyl (C=O) groups excluding carboxylic acids is 2. The molecular weight excluding hydrogens is 144 g/mol. The normalized spacial score (nSPS) is 34.6. The summed E-state index contributed by atoms with van der Waals surface area (Å²) in [6, 6.07) is 0. The lowest BCUT2D eigenvalue weighted by Gasteiger charge is -2.08. The van der Waals surface area contributed by atoms with Crippen molar-refractivity contribution in [2.24, 2.45) is 11.3 Å². The number of hydrogen-bond donors (Lipinski definition) is 0. The summed E-state index contributed by atoms with van der Waals surface area (Å²) in [7, 11) is 1.32. The maximum Gasteiger partial charge on any atom is 0.319 e. The summed E-state index contributed by atoms with van der Waals surface area (Å²) >= 11 is 0. The van der Waals surface area contributed by atoms with Crippen LogP contribution in [0.4, 0.5) is 0 Å². The number of Topliss-reactive ketones (excluding diaryl/α,β-unsaturated/α-hetero) is 1. The van der Waals surface area contributed by atoms with Crippen molar-refractivity contribution in [1.82, 2.24) is 0 Å². The molecule has 0 saturated heterocycles. The molecule has 0 aromatic heterocycles. The van der Waals surface area contributed by atoms with E-state index in [1.165, 1.54) is 14.0 Å². The fraction of sp³-hybridized carbons (Fsp3) is 0.750. The van der Waals surface area contributed by atoms with Crippen molar-refractivity contribution in [1.29, 1.82) is 0 Å². The minimum Gasteiger partial charge on any atom is -0.468 e. The van der Waals surface area contributed by atoms with Gasteiger partial charge in [-0.05, 0) is 19.3 Å². The molecule has 1 rings (SSSR count). The van der Waals surface area contributed by atoms with Crippen molar-refractivity contribution in [3.63, 3.8) is 0 Å². The fourth-order valence-corrected chi connectivity index (χ4v) is 1.53. The molecule has 62 valence electrons. The van der Waals surface area contributed by atoms with Gasteiger partial charge in [-0.15, -0.1) is 0 Å². The van der Waals surface area contributed by atoms with Crippen LogP contribution in [-0.2, 0) is 14.3 Å². The molecule has 0 N–H and O–H groups in total. The second kappa shape index (κ2) is 2.32. The van der Waals surface area contributed by atoms with Gasteiger partial charge in [0.1, 0.15) is 11.2 Å². The Kier molecular flexibility index (Phi) is 1.74. The monoisotopic (exact) mass is 156 g/mol. The average Bonchev–Trinajstić information content (AvgIpc) is 2.61. The van der Waals surface area contributed by atoms with E-state index < -0.39 is 5.41 Å². The second-order valence-corrected chi connectivity index (χ2v) is 3.12. The standard InChI is InChI=1S/C8H12O3/c1-5-4-8(5,6(2)9)7(10)11-3/h5H,4H2,1-3H3. The van der Waals surface area contributed by atoms with Crippen LogP contribution >= 0.6 is 0 Å². The van der Waals surface area contributed by atoms with Crippen LogP contribution in [0.25, 0.3) is 0 Å². The molecule has 0 aliphatic heterocycles. The maximum atomic E-state index is 11.1. The first kappa shape index (κ1) is 8.24. The molecule has 0 amide bonds. The lowest BCUT2D eigenvalue weighted by atomic mass is 10.00. The van der Waals surface area contributed by atoms with Crippen molar-refractivity contribution in [2.45, 2.75) is 20.3 Å². The maximum absolute atomic E-state index is 11.1. The SMILES string of the molecule is COC(=O)C1(C(C)=O)CC1C. The van der Waals surface area contributed by atoms with E-state index in [1.807, 2.05) is 6.92 Å². The van der Waals surface area contributed by atoms with E-state index in [9.17, 15) is 9.59 Å². The van der Waals surface area contributed by atoms with E-state index >= 15 is 0 Å². The summed E-state index contributed by atoms with van der Waals surface area (Å²) in [4.78, 5) is 22.1. The first-order valence-electron chi connectivity index (χ1n) is 3.65. The predicted octanol–water partition coefficient (Wildman–Crippen LogP) is 0.775. The molecule has 1 aliphatic rings. The largest absolute Gasteiger partial charge is 0.468 e. The van der Waals surface area contributed by atoms with Crippen molar-refractivity contribution >= 4 is 11.8 Å². The van der Waals surface area contributed by atoms with Crippen molar-refractivity contribution < 1.29 is 14.3 Å². The minimum absolute atomic E-state index is 0.0724. The highest BCUT2D eigenvalue weighted by atomic mass is 16.5. The highest BCUT2D eigenvalue weighted by molar-refractivity contribution is 6.06. The molecule has 0 heterocycles. The van der Waals surface area contributed by atoms with Crippen molar-refractivity contribution in [3.8, 4) is 0 Å². The van der Waals surface area contributed by atoms with Crippen molar-refractivity contribution in [3.05, 3.63) is 0 Å². The zero-order valence-corrected chi connectivity index (χ0v) is 7.01. The van der Waals surface area contributed by atoms with Crippen LogP contribution in [0.2, 0.25) is 0 Å². The molecule has 3 heteroatoms. The Balaban J connectivity index is 2.80. The Hall–Kier alpha value is -0.860. The number of hydrogen-bond acceptors (Lipinski definition) is 3. The zero-order chi connectivity index (χ0) is 8.65. The smallest absolute Gasteiger partial charge is 0.319 e. The number of ether oxygens (including phenoxy) is 1. The molecule has 11 heavy (non-hydrogen) atoms. The highest BCUT2D eigenvalue weighted by Gasteiger charge is 2.62. The van der Waals surface area contributed by atoms with Gasteiger partial charge in [0.2, 0.25) is 0 Å². The van der Waals surface area contributed by atoms with Crippen LogP contribution in [0.5, 0.6) is 0 Å². The number of ketones is 1. The molecule has 0 aromatic carbocycles. The van der Waals surface area contributed by atoms with Crippen LogP contribution in [0.3, 0.4) is 0 Å². The molecular formula is C8H12O3. The fourth-order valence-electron chi connectivity index (χ4n) is 1.53. The summed E-state index contributed by atoms with van der Waals surface area (Å²) in [5.41, 5.74) is -0.783. The van der Waals surface area contributed by atoms with Gasteiger partial charge in [-0.1, -0.05) is 6.92 Å². The molecule has 0 aromatic rings. The Morgan fingerprint density at radius 2 is 2.00 bits per heavy atom. The van der Waals surface area contributed by atoms with Crippen LogP contribution in [-0.4, -0.2) is 18.9 Å². The summed E-state index contributed by atoms with van der Waals surface area (Å²) < 4.78 is 4.55. The topological polar surface area (TPSA) is 43.4 Å². The number of carbonyl (C=O) groups is 2. The summed E-state index contributed by atoms with van der Waals surface area (Å²) in [6.07, 6.45) is 0.648. The number of rotatable bonds is 2. The van der Waals surface area contributed by atoms with Gasteiger partial charge < -0.3 is 4.74 Å². The van der Waals surface area contributed by atoms with Crippen LogP contribution in [0.1, 0.15) is 20.3 Å². The van der Waals surface area contributed by atoms with Gasteiger partial charge in [-0.3, -0.25) is 9.59 Å². The highest BCUT2D eigenvalue weighted by Crippen LogP contribution is 2.53. The molecule has 1 saturated carbocycles. The van der Waals surface area contributed by atoms with E-state index in [1.54, 1.807) is 0 Å². The molecule has 0 bridgehead atoms. The molecule has 2 unspecified atom stereocenters. The predicted molar refractivity (Wildman–Crippen MR) is 38.9 cm³/mol. The first-order valence-corrected chi connectivity index (χ1v) is 3.65. The lowest BCUT2D eigenvalue weighted by Crippen LogP contribution is -2.26. The average molecular weight is 156 g/mol. The Bertz CT molecular complexity index is 209. The molecule has 1 fully saturated rings. The third kappa shape index (κ3) is 0.951. The Labute approximate surface area is 65.7 Å².